The van der Waals surface area contributed by atoms with Crippen LogP contribution in [0.5, 0.6) is 0 Å². The second-order valence-electron chi connectivity index (χ2n) is 6.26. The van der Waals surface area contributed by atoms with E-state index in [2.05, 4.69) is 6.92 Å². The van der Waals surface area contributed by atoms with Crippen molar-refractivity contribution in [2.75, 3.05) is 7.11 Å². The van der Waals surface area contributed by atoms with Gasteiger partial charge in [-0.25, -0.2) is 0 Å². The summed E-state index contributed by atoms with van der Waals surface area (Å²) in [5, 5.41) is 0. The summed E-state index contributed by atoms with van der Waals surface area (Å²) in [5.74, 6) is -0.593. The van der Waals surface area contributed by atoms with Crippen LogP contribution in [0.3, 0.4) is 0 Å². The topological polar surface area (TPSA) is 43.4 Å². The highest BCUT2D eigenvalue weighted by Crippen LogP contribution is 2.27. The number of carbonyl (C=O) groups excluding carboxylic acids is 2. The van der Waals surface area contributed by atoms with Crippen LogP contribution >= 0.6 is 0 Å². The Hall–Kier alpha value is -2.42. The van der Waals surface area contributed by atoms with E-state index in [0.29, 0.717) is 12.0 Å². The van der Waals surface area contributed by atoms with E-state index in [1.165, 1.54) is 7.11 Å². The number of hydrogen-bond donors (Lipinski definition) is 0. The van der Waals surface area contributed by atoms with Crippen molar-refractivity contribution in [3.8, 4) is 0 Å². The van der Waals surface area contributed by atoms with Crippen LogP contribution in [-0.2, 0) is 9.53 Å². The Kier molecular flexibility index (Phi) is 6.30. The van der Waals surface area contributed by atoms with E-state index in [1.54, 1.807) is 0 Å². The SMILES string of the molecule is COC(=O)C(CC(=O)c1ccc(C)cc1)CC(C)c1ccccc1. The van der Waals surface area contributed by atoms with E-state index >= 15 is 0 Å². The van der Waals surface area contributed by atoms with Crippen LogP contribution in [0.2, 0.25) is 0 Å². The van der Waals surface area contributed by atoms with Gasteiger partial charge in [-0.15, -0.1) is 0 Å². The summed E-state index contributed by atoms with van der Waals surface area (Å²) in [6.45, 7) is 4.05. The van der Waals surface area contributed by atoms with Gasteiger partial charge in [0, 0.05) is 12.0 Å². The third-order valence-electron chi connectivity index (χ3n) is 4.35. The molecule has 2 aromatic rings. The molecule has 24 heavy (non-hydrogen) atoms. The number of ketones is 1. The van der Waals surface area contributed by atoms with Crippen LogP contribution in [0.1, 0.15) is 47.2 Å². The van der Waals surface area contributed by atoms with E-state index in [4.69, 9.17) is 4.74 Å². The Morgan fingerprint density at radius 2 is 1.62 bits per heavy atom. The Morgan fingerprint density at radius 3 is 2.21 bits per heavy atom. The van der Waals surface area contributed by atoms with Crippen LogP contribution in [0.25, 0.3) is 0 Å². The lowest BCUT2D eigenvalue weighted by Gasteiger charge is -2.19. The Morgan fingerprint density at radius 1 is 1.00 bits per heavy atom. The molecule has 0 N–H and O–H groups in total. The molecule has 0 fully saturated rings. The molecule has 0 heterocycles. The van der Waals surface area contributed by atoms with Crippen molar-refractivity contribution in [3.05, 3.63) is 71.3 Å². The zero-order chi connectivity index (χ0) is 17.5. The van der Waals surface area contributed by atoms with Gasteiger partial charge in [-0.1, -0.05) is 67.1 Å². The molecule has 0 aliphatic carbocycles. The molecule has 2 rings (SSSR count). The molecule has 0 bridgehead atoms. The highest BCUT2D eigenvalue weighted by Gasteiger charge is 2.25. The lowest BCUT2D eigenvalue weighted by molar-refractivity contribution is -0.145. The van der Waals surface area contributed by atoms with Crippen molar-refractivity contribution in [3.63, 3.8) is 0 Å². The predicted octanol–water partition coefficient (Wildman–Crippen LogP) is 4.55. The molecule has 126 valence electrons. The number of rotatable bonds is 7. The Labute approximate surface area is 143 Å². The standard InChI is InChI=1S/C21H24O3/c1-15-9-11-18(12-10-15)20(22)14-19(21(23)24-3)13-16(2)17-7-5-4-6-8-17/h4-12,16,19H,13-14H2,1-3H3. The van der Waals surface area contributed by atoms with Crippen molar-refractivity contribution in [2.45, 2.75) is 32.6 Å². The average Bonchev–Trinajstić information content (AvgIpc) is 2.61. The van der Waals surface area contributed by atoms with Crippen molar-refractivity contribution >= 4 is 11.8 Å². The maximum absolute atomic E-state index is 12.5. The van der Waals surface area contributed by atoms with Gasteiger partial charge >= 0.3 is 5.97 Å². The predicted molar refractivity (Wildman–Crippen MR) is 95.1 cm³/mol. The normalized spacial score (nSPS) is 13.1. The van der Waals surface area contributed by atoms with Gasteiger partial charge in [-0.3, -0.25) is 9.59 Å². The van der Waals surface area contributed by atoms with Crippen LogP contribution in [0.4, 0.5) is 0 Å². The zero-order valence-electron chi connectivity index (χ0n) is 14.5. The number of carbonyl (C=O) groups is 2. The fraction of sp³-hybridized carbons (Fsp3) is 0.333. The highest BCUT2D eigenvalue weighted by atomic mass is 16.5. The minimum absolute atomic E-state index is 0.0225. The monoisotopic (exact) mass is 324 g/mol. The van der Waals surface area contributed by atoms with Gasteiger partial charge in [0.25, 0.3) is 0 Å². The second-order valence-corrected chi connectivity index (χ2v) is 6.26. The molecule has 2 aromatic carbocycles. The number of methoxy groups -OCH3 is 1. The smallest absolute Gasteiger partial charge is 0.309 e. The average molecular weight is 324 g/mol. The Bertz CT molecular complexity index is 674. The first-order valence-corrected chi connectivity index (χ1v) is 8.24. The fourth-order valence-corrected chi connectivity index (χ4v) is 2.86. The molecule has 0 aliphatic rings. The number of aryl methyl sites for hydroxylation is 1. The first-order chi connectivity index (χ1) is 11.5. The minimum atomic E-state index is -0.431. The largest absolute Gasteiger partial charge is 0.469 e. The highest BCUT2D eigenvalue weighted by molar-refractivity contribution is 5.98. The molecule has 0 amide bonds. The summed E-state index contributed by atoms with van der Waals surface area (Å²) in [5.41, 5.74) is 2.91. The molecule has 0 radical (unpaired) electrons. The van der Waals surface area contributed by atoms with Gasteiger partial charge in [-0.2, -0.15) is 0 Å². The third kappa shape index (κ3) is 4.79. The van der Waals surface area contributed by atoms with Crippen molar-refractivity contribution < 1.29 is 14.3 Å². The molecular formula is C21H24O3. The maximum Gasteiger partial charge on any atom is 0.309 e. The summed E-state index contributed by atoms with van der Waals surface area (Å²) in [4.78, 5) is 24.6. The third-order valence-corrected chi connectivity index (χ3v) is 4.35. The van der Waals surface area contributed by atoms with Crippen molar-refractivity contribution in [1.82, 2.24) is 0 Å². The lowest BCUT2D eigenvalue weighted by atomic mass is 9.86. The first-order valence-electron chi connectivity index (χ1n) is 8.24. The number of hydrogen-bond acceptors (Lipinski definition) is 3. The molecule has 0 aliphatic heterocycles. The van der Waals surface area contributed by atoms with Gasteiger partial charge in [0.1, 0.15) is 0 Å². The number of esters is 1. The van der Waals surface area contributed by atoms with Crippen LogP contribution in [0.15, 0.2) is 54.6 Å². The molecule has 0 spiro atoms. The zero-order valence-corrected chi connectivity index (χ0v) is 14.5. The molecule has 2 unspecified atom stereocenters. The Balaban J connectivity index is 2.09. The van der Waals surface area contributed by atoms with Gasteiger partial charge in [0.2, 0.25) is 0 Å². The molecule has 0 saturated carbocycles. The lowest BCUT2D eigenvalue weighted by Crippen LogP contribution is -2.22. The van der Waals surface area contributed by atoms with E-state index in [9.17, 15) is 9.59 Å². The van der Waals surface area contributed by atoms with E-state index < -0.39 is 5.92 Å². The molecule has 3 heteroatoms. The van der Waals surface area contributed by atoms with Crippen LogP contribution in [-0.4, -0.2) is 18.9 Å². The minimum Gasteiger partial charge on any atom is -0.469 e. The summed E-state index contributed by atoms with van der Waals surface area (Å²) < 4.78 is 4.91. The molecule has 0 aromatic heterocycles. The molecule has 0 saturated heterocycles. The summed E-state index contributed by atoms with van der Waals surface area (Å²) in [7, 11) is 1.37. The fourth-order valence-electron chi connectivity index (χ4n) is 2.86. The van der Waals surface area contributed by atoms with Gasteiger partial charge in [0.15, 0.2) is 5.78 Å². The van der Waals surface area contributed by atoms with Crippen LogP contribution < -0.4 is 0 Å². The molecule has 2 atom stereocenters. The van der Waals surface area contributed by atoms with Crippen LogP contribution in [0, 0.1) is 12.8 Å². The summed E-state index contributed by atoms with van der Waals surface area (Å²) >= 11 is 0. The van der Waals surface area contributed by atoms with E-state index in [1.807, 2.05) is 61.5 Å². The maximum atomic E-state index is 12.5. The first kappa shape index (κ1) is 17.9. The van der Waals surface area contributed by atoms with Gasteiger partial charge in [0.05, 0.1) is 13.0 Å². The number of ether oxygens (including phenoxy) is 1. The number of benzene rings is 2. The van der Waals surface area contributed by atoms with E-state index in [0.717, 1.165) is 11.1 Å². The van der Waals surface area contributed by atoms with E-state index in [-0.39, 0.29) is 24.1 Å². The van der Waals surface area contributed by atoms with Gasteiger partial charge in [-0.05, 0) is 24.8 Å². The molecular weight excluding hydrogens is 300 g/mol. The number of Topliss-reactive ketones (excluding diaryl/α,β-unsaturated/α-hetero) is 1. The summed E-state index contributed by atoms with van der Waals surface area (Å²) in [6, 6.07) is 17.5. The molecule has 3 nitrogen and oxygen atoms in total. The van der Waals surface area contributed by atoms with Crippen molar-refractivity contribution in [1.29, 1.82) is 0 Å². The summed E-state index contributed by atoms with van der Waals surface area (Å²) in [6.07, 6.45) is 0.765. The quantitative estimate of drug-likeness (QED) is 0.554. The second kappa shape index (κ2) is 8.44. The van der Waals surface area contributed by atoms with Gasteiger partial charge < -0.3 is 4.74 Å². The van der Waals surface area contributed by atoms with Crippen molar-refractivity contribution in [2.24, 2.45) is 5.92 Å².